The second-order valence-electron chi connectivity index (χ2n) is 3.17. The SMILES string of the molecule is O=C([O-])CCc1cc2c(cc1Cl)OCO2. The molecule has 1 aromatic carbocycles. The molecule has 1 aliphatic heterocycles. The fourth-order valence-corrected chi connectivity index (χ4v) is 1.64. The topological polar surface area (TPSA) is 58.6 Å². The van der Waals surface area contributed by atoms with Gasteiger partial charge in [0.2, 0.25) is 6.79 Å². The second-order valence-corrected chi connectivity index (χ2v) is 3.58. The first-order valence-corrected chi connectivity index (χ1v) is 4.82. The van der Waals surface area contributed by atoms with Gasteiger partial charge in [0.25, 0.3) is 0 Å². The van der Waals surface area contributed by atoms with Gasteiger partial charge in [-0.1, -0.05) is 11.6 Å². The molecule has 80 valence electrons. The van der Waals surface area contributed by atoms with E-state index in [1.54, 1.807) is 12.1 Å². The highest BCUT2D eigenvalue weighted by atomic mass is 35.5. The molecule has 0 spiro atoms. The van der Waals surface area contributed by atoms with Gasteiger partial charge < -0.3 is 19.4 Å². The average molecular weight is 228 g/mol. The quantitative estimate of drug-likeness (QED) is 0.765. The fraction of sp³-hybridized carbons (Fsp3) is 0.300. The van der Waals surface area contributed by atoms with E-state index in [1.807, 2.05) is 0 Å². The predicted octanol–water partition coefficient (Wildman–Crippen LogP) is 0.751. The molecule has 4 nitrogen and oxygen atoms in total. The summed E-state index contributed by atoms with van der Waals surface area (Å²) in [5.41, 5.74) is 0.727. The van der Waals surface area contributed by atoms with Gasteiger partial charge in [-0.25, -0.2) is 0 Å². The largest absolute Gasteiger partial charge is 0.550 e. The van der Waals surface area contributed by atoms with Crippen molar-refractivity contribution in [3.8, 4) is 11.5 Å². The summed E-state index contributed by atoms with van der Waals surface area (Å²) in [6.45, 7) is 0.176. The Morgan fingerprint density at radius 1 is 1.40 bits per heavy atom. The molecule has 0 aliphatic carbocycles. The fourth-order valence-electron chi connectivity index (χ4n) is 1.39. The maximum atomic E-state index is 10.3. The number of hydrogen-bond donors (Lipinski definition) is 0. The molecule has 5 heteroatoms. The molecule has 0 fully saturated rings. The number of aryl methyl sites for hydroxylation is 1. The molecule has 0 amide bonds. The molecule has 0 radical (unpaired) electrons. The van der Waals surface area contributed by atoms with Crippen LogP contribution >= 0.6 is 11.6 Å². The Morgan fingerprint density at radius 2 is 2.07 bits per heavy atom. The number of fused-ring (bicyclic) bond motifs is 1. The second kappa shape index (κ2) is 3.98. The first kappa shape index (κ1) is 10.1. The van der Waals surface area contributed by atoms with Crippen LogP contribution in [-0.2, 0) is 11.2 Å². The van der Waals surface area contributed by atoms with E-state index in [4.69, 9.17) is 21.1 Å². The third kappa shape index (κ3) is 2.15. The number of carboxylic acids is 1. The molecule has 1 aromatic rings. The third-order valence-electron chi connectivity index (χ3n) is 2.14. The highest BCUT2D eigenvalue weighted by molar-refractivity contribution is 6.31. The molecular formula is C10H8ClO4-. The number of carbonyl (C=O) groups is 1. The predicted molar refractivity (Wildman–Crippen MR) is 50.9 cm³/mol. The number of carboxylic acid groups (broad SMARTS) is 1. The molecule has 0 bridgehead atoms. The Bertz CT molecular complexity index is 403. The highest BCUT2D eigenvalue weighted by Crippen LogP contribution is 2.37. The molecule has 15 heavy (non-hydrogen) atoms. The van der Waals surface area contributed by atoms with Gasteiger partial charge in [0.15, 0.2) is 11.5 Å². The summed E-state index contributed by atoms with van der Waals surface area (Å²) in [6.07, 6.45) is 0.275. The van der Waals surface area contributed by atoms with Crippen molar-refractivity contribution in [2.24, 2.45) is 0 Å². The van der Waals surface area contributed by atoms with Gasteiger partial charge in [-0.3, -0.25) is 0 Å². The van der Waals surface area contributed by atoms with Gasteiger partial charge >= 0.3 is 0 Å². The number of halogens is 1. The van der Waals surface area contributed by atoms with Crippen LogP contribution in [0.4, 0.5) is 0 Å². The van der Waals surface area contributed by atoms with Crippen LogP contribution in [0.15, 0.2) is 12.1 Å². The van der Waals surface area contributed by atoms with Crippen LogP contribution in [0.1, 0.15) is 12.0 Å². The average Bonchev–Trinajstić information content (AvgIpc) is 2.60. The van der Waals surface area contributed by atoms with Crippen molar-refractivity contribution < 1.29 is 19.4 Å². The summed E-state index contributed by atoms with van der Waals surface area (Å²) in [6, 6.07) is 3.34. The molecule has 0 saturated carbocycles. The van der Waals surface area contributed by atoms with Crippen molar-refractivity contribution in [1.29, 1.82) is 0 Å². The van der Waals surface area contributed by atoms with Crippen LogP contribution in [0.25, 0.3) is 0 Å². The van der Waals surface area contributed by atoms with Crippen LogP contribution in [0.2, 0.25) is 5.02 Å². The number of hydrogen-bond acceptors (Lipinski definition) is 4. The van der Waals surface area contributed by atoms with Crippen molar-refractivity contribution in [2.45, 2.75) is 12.8 Å². The molecule has 0 saturated heterocycles. The van der Waals surface area contributed by atoms with Crippen molar-refractivity contribution in [3.63, 3.8) is 0 Å². The normalized spacial score (nSPS) is 12.9. The molecule has 1 heterocycles. The van der Waals surface area contributed by atoms with Gasteiger partial charge in [0.05, 0.1) is 0 Å². The highest BCUT2D eigenvalue weighted by Gasteiger charge is 2.16. The third-order valence-corrected chi connectivity index (χ3v) is 2.49. The number of benzene rings is 1. The van der Waals surface area contributed by atoms with Crippen molar-refractivity contribution in [1.82, 2.24) is 0 Å². The standard InChI is InChI=1S/C10H9ClO4/c11-7-4-9-8(14-5-15-9)3-6(7)1-2-10(12)13/h3-4H,1-2,5H2,(H,12,13)/p-1. The summed E-state index contributed by atoms with van der Waals surface area (Å²) in [4.78, 5) is 10.3. The van der Waals surface area contributed by atoms with Gasteiger partial charge in [-0.05, 0) is 24.5 Å². The summed E-state index contributed by atoms with van der Waals surface area (Å²) in [7, 11) is 0. The summed E-state index contributed by atoms with van der Waals surface area (Å²) in [5.74, 6) is 0.105. The minimum Gasteiger partial charge on any atom is -0.550 e. The van der Waals surface area contributed by atoms with Crippen LogP contribution in [-0.4, -0.2) is 12.8 Å². The Morgan fingerprint density at radius 3 is 2.73 bits per heavy atom. The van der Waals surface area contributed by atoms with E-state index in [2.05, 4.69) is 0 Å². The van der Waals surface area contributed by atoms with Gasteiger partial charge in [0.1, 0.15) is 0 Å². The Balaban J connectivity index is 2.21. The smallest absolute Gasteiger partial charge is 0.231 e. The van der Waals surface area contributed by atoms with Gasteiger partial charge in [-0.2, -0.15) is 0 Å². The maximum absolute atomic E-state index is 10.3. The number of ether oxygens (including phenoxy) is 2. The van der Waals surface area contributed by atoms with E-state index in [0.29, 0.717) is 22.9 Å². The Kier molecular flexibility index (Phi) is 2.68. The number of carbonyl (C=O) groups excluding carboxylic acids is 1. The lowest BCUT2D eigenvalue weighted by Crippen LogP contribution is -2.22. The van der Waals surface area contributed by atoms with Crippen molar-refractivity contribution >= 4 is 17.6 Å². The lowest BCUT2D eigenvalue weighted by atomic mass is 10.1. The minimum absolute atomic E-state index is 0.0562. The van der Waals surface area contributed by atoms with E-state index in [9.17, 15) is 9.90 Å². The van der Waals surface area contributed by atoms with Crippen LogP contribution in [0.5, 0.6) is 11.5 Å². The summed E-state index contributed by atoms with van der Waals surface area (Å²) < 4.78 is 10.3. The Hall–Kier alpha value is -1.42. The van der Waals surface area contributed by atoms with Crippen LogP contribution < -0.4 is 14.6 Å². The van der Waals surface area contributed by atoms with Gasteiger partial charge in [-0.15, -0.1) is 0 Å². The van der Waals surface area contributed by atoms with Crippen LogP contribution in [0, 0.1) is 0 Å². The van der Waals surface area contributed by atoms with E-state index < -0.39 is 5.97 Å². The zero-order valence-corrected chi connectivity index (χ0v) is 8.54. The maximum Gasteiger partial charge on any atom is 0.231 e. The molecule has 0 atom stereocenters. The number of rotatable bonds is 3. The van der Waals surface area contributed by atoms with E-state index in [0.717, 1.165) is 5.56 Å². The van der Waals surface area contributed by atoms with E-state index in [-0.39, 0.29) is 13.2 Å². The first-order valence-electron chi connectivity index (χ1n) is 4.44. The Labute approximate surface area is 91.4 Å². The molecule has 0 aromatic heterocycles. The van der Waals surface area contributed by atoms with Crippen molar-refractivity contribution in [3.05, 3.63) is 22.7 Å². The van der Waals surface area contributed by atoms with E-state index in [1.165, 1.54) is 0 Å². The zero-order chi connectivity index (χ0) is 10.8. The lowest BCUT2D eigenvalue weighted by Gasteiger charge is -2.06. The monoisotopic (exact) mass is 227 g/mol. The van der Waals surface area contributed by atoms with Crippen LogP contribution in [0.3, 0.4) is 0 Å². The lowest BCUT2D eigenvalue weighted by molar-refractivity contribution is -0.305. The summed E-state index contributed by atoms with van der Waals surface area (Å²) >= 11 is 5.94. The molecule has 1 aliphatic rings. The zero-order valence-electron chi connectivity index (χ0n) is 7.79. The molecule has 2 rings (SSSR count). The molecule has 0 unspecified atom stereocenters. The number of aliphatic carboxylic acids is 1. The molecule has 0 N–H and O–H groups in total. The van der Waals surface area contributed by atoms with Gasteiger partial charge in [0, 0.05) is 17.1 Å². The summed E-state index contributed by atoms with van der Waals surface area (Å²) in [5, 5.41) is 10.8. The van der Waals surface area contributed by atoms with E-state index >= 15 is 0 Å². The van der Waals surface area contributed by atoms with Crippen molar-refractivity contribution in [2.75, 3.05) is 6.79 Å². The molecular weight excluding hydrogens is 220 g/mol. The minimum atomic E-state index is -1.09. The first-order chi connectivity index (χ1) is 7.16.